The van der Waals surface area contributed by atoms with E-state index >= 15 is 4.39 Å². The van der Waals surface area contributed by atoms with Gasteiger partial charge in [-0.3, -0.25) is 14.6 Å². The summed E-state index contributed by atoms with van der Waals surface area (Å²) in [4.78, 5) is 54.5. The van der Waals surface area contributed by atoms with Crippen LogP contribution >= 0.6 is 11.6 Å². The van der Waals surface area contributed by atoms with Crippen LogP contribution in [0.15, 0.2) is 90.1 Å². The molecule has 3 heterocycles. The van der Waals surface area contributed by atoms with E-state index in [1.54, 1.807) is 77.8 Å². The summed E-state index contributed by atoms with van der Waals surface area (Å²) in [6, 6.07) is 21.5. The first-order valence-corrected chi connectivity index (χ1v) is 19.6. The highest BCUT2D eigenvalue weighted by Crippen LogP contribution is 2.37. The minimum absolute atomic E-state index is 0.0885. The quantitative estimate of drug-likeness (QED) is 0.116. The SMILES string of the molecule is COc1cc(Nc2ncc3c(n2)-c2ccc(Cl)cc2C(c2c(F)cccc2OC)=NC3)ccc1C(=O)N1CCC(C(=O)NCC#Cc2ccc(C(=O)OC#CCN)cc2)CC1. The van der Waals surface area contributed by atoms with Gasteiger partial charge in [-0.25, -0.2) is 19.2 Å². The summed E-state index contributed by atoms with van der Waals surface area (Å²) in [5.41, 5.74) is 10.4. The minimum Gasteiger partial charge on any atom is -0.496 e. The number of rotatable bonds is 9. The predicted octanol–water partition coefficient (Wildman–Crippen LogP) is 6.14. The number of aliphatic imine (C=N–C) groups is 1. The van der Waals surface area contributed by atoms with Gasteiger partial charge in [0.25, 0.3) is 5.91 Å². The highest BCUT2D eigenvalue weighted by atomic mass is 35.5. The van der Waals surface area contributed by atoms with Crippen molar-refractivity contribution in [3.05, 3.63) is 129 Å². The third kappa shape index (κ3) is 9.63. The predicted molar refractivity (Wildman–Crippen MR) is 228 cm³/mol. The molecular formula is C46H39ClFN7O6. The first-order chi connectivity index (χ1) is 29.7. The third-order valence-corrected chi connectivity index (χ3v) is 10.3. The van der Waals surface area contributed by atoms with E-state index < -0.39 is 11.8 Å². The number of likely N-dealkylation sites (tertiary alicyclic amines) is 1. The van der Waals surface area contributed by atoms with Crippen LogP contribution in [0.3, 0.4) is 0 Å². The Balaban J connectivity index is 0.966. The van der Waals surface area contributed by atoms with E-state index in [0.29, 0.717) is 87.4 Å². The van der Waals surface area contributed by atoms with Gasteiger partial charge in [0.1, 0.15) is 23.4 Å². The molecule has 2 aliphatic heterocycles. The molecule has 0 bridgehead atoms. The fraction of sp³-hybridized carbons (Fsp3) is 0.217. The van der Waals surface area contributed by atoms with Gasteiger partial charge >= 0.3 is 5.97 Å². The van der Waals surface area contributed by atoms with Crippen molar-refractivity contribution in [1.29, 1.82) is 0 Å². The Labute approximate surface area is 356 Å². The molecule has 61 heavy (non-hydrogen) atoms. The lowest BCUT2D eigenvalue weighted by atomic mass is 9.94. The zero-order valence-electron chi connectivity index (χ0n) is 33.2. The Morgan fingerprint density at radius 1 is 0.951 bits per heavy atom. The van der Waals surface area contributed by atoms with Crippen LogP contribution in [-0.4, -0.2) is 78.8 Å². The van der Waals surface area contributed by atoms with E-state index in [-0.39, 0.29) is 48.9 Å². The zero-order chi connectivity index (χ0) is 42.9. The zero-order valence-corrected chi connectivity index (χ0v) is 33.9. The van der Waals surface area contributed by atoms with Crippen LogP contribution in [0.5, 0.6) is 11.5 Å². The summed E-state index contributed by atoms with van der Waals surface area (Å²) in [5.74, 6) is 7.64. The summed E-state index contributed by atoms with van der Waals surface area (Å²) in [6.45, 7) is 1.20. The molecule has 2 aliphatic rings. The van der Waals surface area contributed by atoms with Crippen molar-refractivity contribution in [3.63, 3.8) is 0 Å². The van der Waals surface area contributed by atoms with Crippen molar-refractivity contribution in [2.75, 3.05) is 45.7 Å². The van der Waals surface area contributed by atoms with Crippen LogP contribution in [0.4, 0.5) is 16.0 Å². The lowest BCUT2D eigenvalue weighted by molar-refractivity contribution is -0.126. The van der Waals surface area contributed by atoms with E-state index in [2.05, 4.69) is 39.5 Å². The molecule has 13 nitrogen and oxygen atoms in total. The molecule has 2 amide bonds. The summed E-state index contributed by atoms with van der Waals surface area (Å²) in [5, 5.41) is 6.53. The largest absolute Gasteiger partial charge is 0.496 e. The molecule has 0 radical (unpaired) electrons. The van der Waals surface area contributed by atoms with Crippen molar-refractivity contribution in [2.45, 2.75) is 19.4 Å². The van der Waals surface area contributed by atoms with Crippen LogP contribution in [0, 0.1) is 35.6 Å². The van der Waals surface area contributed by atoms with E-state index in [9.17, 15) is 14.4 Å². The van der Waals surface area contributed by atoms with E-state index in [4.69, 9.17) is 41.5 Å². The van der Waals surface area contributed by atoms with Gasteiger partial charge in [-0.1, -0.05) is 35.6 Å². The molecule has 1 aromatic heterocycles. The first kappa shape index (κ1) is 41.9. The molecule has 0 atom stereocenters. The van der Waals surface area contributed by atoms with Crippen LogP contribution in [-0.2, 0) is 16.1 Å². The van der Waals surface area contributed by atoms with E-state index in [0.717, 1.165) is 5.56 Å². The van der Waals surface area contributed by atoms with Gasteiger partial charge in [0.15, 0.2) is 0 Å². The Morgan fingerprint density at radius 2 is 1.74 bits per heavy atom. The van der Waals surface area contributed by atoms with Crippen molar-refractivity contribution >= 4 is 46.7 Å². The van der Waals surface area contributed by atoms with Gasteiger partial charge in [-0.05, 0) is 79.4 Å². The van der Waals surface area contributed by atoms with E-state index in [1.165, 1.54) is 20.3 Å². The van der Waals surface area contributed by atoms with Gasteiger partial charge in [0, 0.05) is 64.2 Å². The summed E-state index contributed by atoms with van der Waals surface area (Å²) >= 11 is 6.45. The molecule has 4 N–H and O–H groups in total. The summed E-state index contributed by atoms with van der Waals surface area (Å²) in [7, 11) is 2.97. The van der Waals surface area contributed by atoms with Crippen molar-refractivity contribution in [2.24, 2.45) is 16.6 Å². The number of nitrogens with two attached hydrogens (primary N) is 1. The number of anilines is 2. The average molecular weight is 840 g/mol. The molecule has 15 heteroatoms. The van der Waals surface area contributed by atoms with Gasteiger partial charge in [0.2, 0.25) is 11.9 Å². The molecular weight excluding hydrogens is 801 g/mol. The number of carbonyl (C=O) groups is 3. The number of fused-ring (bicyclic) bond motifs is 3. The number of halogens is 2. The normalized spacial score (nSPS) is 13.1. The Morgan fingerprint density at radius 3 is 2.49 bits per heavy atom. The number of amides is 2. The maximum absolute atomic E-state index is 15.3. The third-order valence-electron chi connectivity index (χ3n) is 10.1. The second-order valence-corrected chi connectivity index (χ2v) is 14.3. The molecule has 1 saturated heterocycles. The number of methoxy groups -OCH3 is 2. The van der Waals surface area contributed by atoms with Crippen molar-refractivity contribution < 1.29 is 33.0 Å². The number of hydrogen-bond acceptors (Lipinski definition) is 11. The average Bonchev–Trinajstić information content (AvgIpc) is 3.43. The summed E-state index contributed by atoms with van der Waals surface area (Å²) in [6.07, 6.45) is 4.89. The molecule has 1 fully saturated rings. The Hall–Kier alpha value is -7.26. The molecule has 7 rings (SSSR count). The highest BCUT2D eigenvalue weighted by molar-refractivity contribution is 6.31. The first-order valence-electron chi connectivity index (χ1n) is 19.2. The monoisotopic (exact) mass is 839 g/mol. The molecule has 4 aromatic carbocycles. The smallest absolute Gasteiger partial charge is 0.352 e. The van der Waals surface area contributed by atoms with Crippen molar-refractivity contribution in [3.8, 4) is 46.6 Å². The number of piperidine rings is 1. The Bertz CT molecular complexity index is 2660. The minimum atomic E-state index is -0.587. The van der Waals surface area contributed by atoms with Gasteiger partial charge in [-0.2, -0.15) is 0 Å². The molecule has 0 spiro atoms. The molecule has 308 valence electrons. The lowest BCUT2D eigenvalue weighted by Gasteiger charge is -2.31. The van der Waals surface area contributed by atoms with Crippen molar-refractivity contribution in [1.82, 2.24) is 20.2 Å². The lowest BCUT2D eigenvalue weighted by Crippen LogP contribution is -2.43. The van der Waals surface area contributed by atoms with Gasteiger partial charge < -0.3 is 35.5 Å². The standard InChI is InChI=1S/C46H39ClFN7O6/c1-59-38-8-3-7-37(48)40(38)42-36-24-32(47)13-15-34(36)41-31(26-51-42)27-52-46(54-41)53-33-14-16-35(39(25-33)60-2)44(57)55-21-17-29(18-22-55)43(56)50-20-4-6-28-9-11-30(12-10-28)45(58)61-23-5-19-49/h3,7-16,24-25,27,29H,17-22,26,49H2,1-2H3,(H,50,56)(H,52,53,54). The molecule has 0 unspecified atom stereocenters. The van der Waals surface area contributed by atoms with Crippen LogP contribution in [0.25, 0.3) is 11.3 Å². The molecule has 0 saturated carbocycles. The number of benzene rings is 4. The second-order valence-electron chi connectivity index (χ2n) is 13.8. The highest BCUT2D eigenvalue weighted by Gasteiger charge is 2.30. The van der Waals surface area contributed by atoms with Gasteiger partial charge in [-0.15, -0.1) is 0 Å². The maximum atomic E-state index is 15.3. The van der Waals surface area contributed by atoms with Crippen LogP contribution in [0.1, 0.15) is 55.8 Å². The van der Waals surface area contributed by atoms with E-state index in [1.807, 2.05) is 6.07 Å². The fourth-order valence-electron chi connectivity index (χ4n) is 6.99. The number of nitrogens with one attached hydrogen (secondary N) is 2. The molecule has 0 aliphatic carbocycles. The number of esters is 1. The number of ether oxygens (including phenoxy) is 3. The number of nitrogens with zero attached hydrogens (tertiary/aromatic N) is 4. The molecule has 5 aromatic rings. The maximum Gasteiger partial charge on any atom is 0.352 e. The number of hydrogen-bond donors (Lipinski definition) is 3. The Kier molecular flexibility index (Phi) is 13.2. The summed E-state index contributed by atoms with van der Waals surface area (Å²) < 4.78 is 31.3. The van der Waals surface area contributed by atoms with Crippen LogP contribution < -0.4 is 25.8 Å². The number of aromatic nitrogens is 2. The fourth-order valence-corrected chi connectivity index (χ4v) is 7.16. The number of carbonyl (C=O) groups excluding carboxylic acids is 3. The van der Waals surface area contributed by atoms with Crippen LogP contribution in [0.2, 0.25) is 5.02 Å². The second kappa shape index (κ2) is 19.2. The topological polar surface area (TPSA) is 170 Å². The van der Waals surface area contributed by atoms with Gasteiger partial charge in [0.05, 0.1) is 61.9 Å².